The van der Waals surface area contributed by atoms with Crippen LogP contribution in [0.3, 0.4) is 0 Å². The van der Waals surface area contributed by atoms with Crippen molar-refractivity contribution < 1.29 is 4.74 Å². The van der Waals surface area contributed by atoms with E-state index in [-0.39, 0.29) is 6.10 Å². The van der Waals surface area contributed by atoms with E-state index in [1.165, 1.54) is 32.4 Å². The molecule has 1 unspecified atom stereocenters. The van der Waals surface area contributed by atoms with E-state index in [2.05, 4.69) is 36.2 Å². The summed E-state index contributed by atoms with van der Waals surface area (Å²) in [6, 6.07) is 8.23. The molecule has 0 amide bonds. The van der Waals surface area contributed by atoms with Crippen molar-refractivity contribution in [3.8, 4) is 5.75 Å². The van der Waals surface area contributed by atoms with Crippen LogP contribution in [0, 0.1) is 5.41 Å². The number of nitrogens with one attached hydrogen (secondary N) is 1. The molecule has 3 nitrogen and oxygen atoms in total. The van der Waals surface area contributed by atoms with E-state index in [1.807, 2.05) is 12.1 Å². The lowest BCUT2D eigenvalue weighted by Gasteiger charge is -2.31. The molecule has 2 heterocycles. The van der Waals surface area contributed by atoms with Gasteiger partial charge in [-0.15, -0.1) is 0 Å². The van der Waals surface area contributed by atoms with Gasteiger partial charge in [0.15, 0.2) is 0 Å². The van der Waals surface area contributed by atoms with Crippen LogP contribution in [-0.2, 0) is 0 Å². The Morgan fingerprint density at radius 2 is 2.10 bits per heavy atom. The Balaban J connectivity index is 1.58. The minimum atomic E-state index is 0.273. The Hall–Kier alpha value is -1.22. The van der Waals surface area contributed by atoms with E-state index in [1.54, 1.807) is 0 Å². The van der Waals surface area contributed by atoms with Crippen molar-refractivity contribution in [1.29, 1.82) is 0 Å². The molecule has 0 saturated carbocycles. The fraction of sp³-hybridized carbons (Fsp3) is 0.647. The number of benzene rings is 1. The molecule has 3 heteroatoms. The van der Waals surface area contributed by atoms with Crippen LogP contribution in [0.4, 0.5) is 5.69 Å². The predicted molar refractivity (Wildman–Crippen MR) is 83.4 cm³/mol. The van der Waals surface area contributed by atoms with Crippen LogP contribution >= 0.6 is 0 Å². The van der Waals surface area contributed by atoms with Gasteiger partial charge in [0.1, 0.15) is 11.9 Å². The fourth-order valence-electron chi connectivity index (χ4n) is 3.56. The van der Waals surface area contributed by atoms with E-state index in [0.29, 0.717) is 5.41 Å². The SMILES string of the molecule is CCC1(CC)CCN(CC2CNc3ccccc3O2)C1. The van der Waals surface area contributed by atoms with Gasteiger partial charge in [0.25, 0.3) is 0 Å². The number of nitrogens with zero attached hydrogens (tertiary/aromatic N) is 1. The van der Waals surface area contributed by atoms with Gasteiger partial charge in [-0.25, -0.2) is 0 Å². The second kappa shape index (κ2) is 5.65. The van der Waals surface area contributed by atoms with Crippen LogP contribution in [0.2, 0.25) is 0 Å². The summed E-state index contributed by atoms with van der Waals surface area (Å²) in [5.41, 5.74) is 1.68. The summed E-state index contributed by atoms with van der Waals surface area (Å²) >= 11 is 0. The van der Waals surface area contributed by atoms with Gasteiger partial charge >= 0.3 is 0 Å². The van der Waals surface area contributed by atoms with Crippen molar-refractivity contribution in [3.63, 3.8) is 0 Å². The highest BCUT2D eigenvalue weighted by Crippen LogP contribution is 2.37. The van der Waals surface area contributed by atoms with Gasteiger partial charge in [0.05, 0.1) is 12.2 Å². The monoisotopic (exact) mass is 274 g/mol. The topological polar surface area (TPSA) is 24.5 Å². The molecule has 0 aromatic heterocycles. The van der Waals surface area contributed by atoms with E-state index < -0.39 is 0 Å². The molecule has 1 atom stereocenters. The zero-order valence-corrected chi connectivity index (χ0v) is 12.7. The first-order chi connectivity index (χ1) is 9.74. The largest absolute Gasteiger partial charge is 0.485 e. The molecule has 1 fully saturated rings. The zero-order valence-electron chi connectivity index (χ0n) is 12.7. The van der Waals surface area contributed by atoms with Crippen molar-refractivity contribution in [1.82, 2.24) is 4.90 Å². The quantitative estimate of drug-likeness (QED) is 0.911. The third-order valence-electron chi connectivity index (χ3n) is 5.18. The fourth-order valence-corrected chi connectivity index (χ4v) is 3.56. The Morgan fingerprint density at radius 1 is 1.30 bits per heavy atom. The first-order valence-electron chi connectivity index (χ1n) is 7.96. The lowest BCUT2D eigenvalue weighted by Crippen LogP contribution is -2.41. The number of rotatable bonds is 4. The second-order valence-electron chi connectivity index (χ2n) is 6.31. The summed E-state index contributed by atoms with van der Waals surface area (Å²) in [4.78, 5) is 2.59. The molecule has 2 aliphatic heterocycles. The molecule has 110 valence electrons. The standard InChI is InChI=1S/C17H26N2O/c1-3-17(4-2)9-10-19(13-17)12-14-11-18-15-7-5-6-8-16(15)20-14/h5-8,14,18H,3-4,9-13H2,1-2H3. The molecule has 0 bridgehead atoms. The highest BCUT2D eigenvalue weighted by molar-refractivity contribution is 5.57. The van der Waals surface area contributed by atoms with Crippen LogP contribution in [0.1, 0.15) is 33.1 Å². The van der Waals surface area contributed by atoms with Gasteiger partial charge in [-0.05, 0) is 43.4 Å². The minimum absolute atomic E-state index is 0.273. The molecule has 1 aromatic rings. The molecule has 2 aliphatic rings. The molecule has 0 spiro atoms. The highest BCUT2D eigenvalue weighted by Gasteiger charge is 2.36. The Labute approximate surface area is 122 Å². The number of para-hydroxylation sites is 2. The third-order valence-corrected chi connectivity index (χ3v) is 5.18. The number of likely N-dealkylation sites (tertiary alicyclic amines) is 1. The Bertz CT molecular complexity index is 456. The molecule has 1 N–H and O–H groups in total. The maximum absolute atomic E-state index is 6.13. The molecular weight excluding hydrogens is 248 g/mol. The smallest absolute Gasteiger partial charge is 0.142 e. The third kappa shape index (κ3) is 2.64. The highest BCUT2D eigenvalue weighted by atomic mass is 16.5. The van der Waals surface area contributed by atoms with Crippen LogP contribution in [0.15, 0.2) is 24.3 Å². The number of fused-ring (bicyclic) bond motifs is 1. The number of ether oxygens (including phenoxy) is 1. The second-order valence-corrected chi connectivity index (χ2v) is 6.31. The van der Waals surface area contributed by atoms with Crippen molar-refractivity contribution in [2.45, 2.75) is 39.2 Å². The molecule has 20 heavy (non-hydrogen) atoms. The molecular formula is C17H26N2O. The maximum Gasteiger partial charge on any atom is 0.142 e. The van der Waals surface area contributed by atoms with Gasteiger partial charge in [-0.2, -0.15) is 0 Å². The van der Waals surface area contributed by atoms with E-state index in [4.69, 9.17) is 4.74 Å². The zero-order chi connectivity index (χ0) is 14.0. The summed E-state index contributed by atoms with van der Waals surface area (Å²) in [6.07, 6.45) is 4.21. The lowest BCUT2D eigenvalue weighted by atomic mass is 9.82. The van der Waals surface area contributed by atoms with E-state index in [0.717, 1.165) is 24.5 Å². The van der Waals surface area contributed by atoms with Gasteiger partial charge in [0, 0.05) is 13.1 Å². The molecule has 0 aliphatic carbocycles. The van der Waals surface area contributed by atoms with Crippen LogP contribution < -0.4 is 10.1 Å². The maximum atomic E-state index is 6.13. The number of hydrogen-bond donors (Lipinski definition) is 1. The van der Waals surface area contributed by atoms with Gasteiger partial charge in [-0.1, -0.05) is 26.0 Å². The molecule has 1 aromatic carbocycles. The summed E-state index contributed by atoms with van der Waals surface area (Å²) in [5, 5.41) is 3.48. The average Bonchev–Trinajstić information content (AvgIpc) is 2.91. The molecule has 1 saturated heterocycles. The van der Waals surface area contributed by atoms with Crippen molar-refractivity contribution in [2.75, 3.05) is 31.5 Å². The summed E-state index contributed by atoms with van der Waals surface area (Å²) in [7, 11) is 0. The van der Waals surface area contributed by atoms with Crippen molar-refractivity contribution in [3.05, 3.63) is 24.3 Å². The average molecular weight is 274 g/mol. The first kappa shape index (κ1) is 13.7. The van der Waals surface area contributed by atoms with Crippen LogP contribution in [0.25, 0.3) is 0 Å². The Morgan fingerprint density at radius 3 is 2.85 bits per heavy atom. The van der Waals surface area contributed by atoms with E-state index in [9.17, 15) is 0 Å². The molecule has 0 radical (unpaired) electrons. The number of hydrogen-bond acceptors (Lipinski definition) is 3. The minimum Gasteiger partial charge on any atom is -0.485 e. The number of anilines is 1. The van der Waals surface area contributed by atoms with Crippen LogP contribution in [-0.4, -0.2) is 37.2 Å². The lowest BCUT2D eigenvalue weighted by molar-refractivity contribution is 0.139. The summed E-state index contributed by atoms with van der Waals surface area (Å²) in [5.74, 6) is 1.00. The van der Waals surface area contributed by atoms with Crippen LogP contribution in [0.5, 0.6) is 5.75 Å². The van der Waals surface area contributed by atoms with Crippen molar-refractivity contribution in [2.24, 2.45) is 5.41 Å². The summed E-state index contributed by atoms with van der Waals surface area (Å²) < 4.78 is 6.13. The van der Waals surface area contributed by atoms with Gasteiger partial charge in [0.2, 0.25) is 0 Å². The summed E-state index contributed by atoms with van der Waals surface area (Å²) in [6.45, 7) is 9.09. The Kier molecular flexibility index (Phi) is 3.88. The predicted octanol–water partition coefficient (Wildman–Crippen LogP) is 3.37. The van der Waals surface area contributed by atoms with Gasteiger partial charge in [-0.3, -0.25) is 4.90 Å². The normalized spacial score (nSPS) is 24.8. The van der Waals surface area contributed by atoms with Gasteiger partial charge < -0.3 is 10.1 Å². The molecule has 3 rings (SSSR count). The first-order valence-corrected chi connectivity index (χ1v) is 7.96. The van der Waals surface area contributed by atoms with E-state index >= 15 is 0 Å². The van der Waals surface area contributed by atoms with Crippen molar-refractivity contribution >= 4 is 5.69 Å².